The zero-order valence-electron chi connectivity index (χ0n) is 11.9. The summed E-state index contributed by atoms with van der Waals surface area (Å²) in [5, 5.41) is 2.85. The molecule has 116 valence electrons. The highest BCUT2D eigenvalue weighted by Gasteiger charge is 2.30. The van der Waals surface area contributed by atoms with Crippen molar-refractivity contribution in [2.75, 3.05) is 31.1 Å². The van der Waals surface area contributed by atoms with Crippen molar-refractivity contribution in [2.45, 2.75) is 44.2 Å². The predicted octanol–water partition coefficient (Wildman–Crippen LogP) is -0.507. The van der Waals surface area contributed by atoms with Crippen LogP contribution in [-0.4, -0.2) is 62.4 Å². The summed E-state index contributed by atoms with van der Waals surface area (Å²) in [5.74, 6) is 0.221. The van der Waals surface area contributed by atoms with E-state index in [1.54, 1.807) is 0 Å². The van der Waals surface area contributed by atoms with E-state index < -0.39 is 9.84 Å². The topological polar surface area (TPSA) is 92.5 Å². The molecule has 2 aliphatic heterocycles. The molecule has 2 aliphatic rings. The molecule has 0 bridgehead atoms. The molecule has 0 saturated carbocycles. The van der Waals surface area contributed by atoms with E-state index in [2.05, 4.69) is 10.2 Å². The van der Waals surface area contributed by atoms with Crippen LogP contribution in [0.3, 0.4) is 0 Å². The van der Waals surface area contributed by atoms with Crippen LogP contribution in [0.2, 0.25) is 0 Å². The molecule has 20 heavy (non-hydrogen) atoms. The number of nitrogens with zero attached hydrogens (tertiary/aromatic N) is 1. The Morgan fingerprint density at radius 1 is 1.30 bits per heavy atom. The van der Waals surface area contributed by atoms with Crippen LogP contribution in [0.1, 0.15) is 32.1 Å². The predicted molar refractivity (Wildman–Crippen MR) is 78.1 cm³/mol. The average molecular weight is 303 g/mol. The number of nitrogens with two attached hydrogens (primary N) is 1. The Hall–Kier alpha value is -0.660. The standard InChI is InChI=1S/C13H25N3O3S/c14-6-4-12-3-1-2-7-16(12)9-13(17)15-11-5-8-20(18,19)10-11/h11-12H,1-10,14H2,(H,15,17). The molecule has 0 spiro atoms. The van der Waals surface area contributed by atoms with Gasteiger partial charge in [0.2, 0.25) is 5.91 Å². The molecule has 0 aromatic heterocycles. The minimum absolute atomic E-state index is 0.0592. The lowest BCUT2D eigenvalue weighted by molar-refractivity contribution is -0.123. The number of likely N-dealkylation sites (tertiary alicyclic amines) is 1. The SMILES string of the molecule is NCCC1CCCCN1CC(=O)NC1CCS(=O)(=O)C1. The fraction of sp³-hybridized carbons (Fsp3) is 0.923. The van der Waals surface area contributed by atoms with E-state index in [-0.39, 0.29) is 23.5 Å². The van der Waals surface area contributed by atoms with Crippen molar-refractivity contribution in [3.05, 3.63) is 0 Å². The molecule has 2 rings (SSSR count). The molecule has 2 atom stereocenters. The van der Waals surface area contributed by atoms with Gasteiger partial charge in [-0.15, -0.1) is 0 Å². The molecule has 0 aromatic carbocycles. The number of nitrogens with one attached hydrogen (secondary N) is 1. The van der Waals surface area contributed by atoms with Crippen LogP contribution in [0, 0.1) is 0 Å². The number of piperidine rings is 1. The van der Waals surface area contributed by atoms with E-state index in [0.717, 1.165) is 25.8 Å². The van der Waals surface area contributed by atoms with Crippen LogP contribution in [0.15, 0.2) is 0 Å². The second kappa shape index (κ2) is 6.87. The van der Waals surface area contributed by atoms with E-state index >= 15 is 0 Å². The van der Waals surface area contributed by atoms with Gasteiger partial charge in [0.15, 0.2) is 9.84 Å². The molecular formula is C13H25N3O3S. The Balaban J connectivity index is 1.81. The van der Waals surface area contributed by atoms with E-state index in [4.69, 9.17) is 5.73 Å². The Bertz CT molecular complexity index is 436. The highest BCUT2D eigenvalue weighted by molar-refractivity contribution is 7.91. The fourth-order valence-corrected chi connectivity index (χ4v) is 4.83. The smallest absolute Gasteiger partial charge is 0.234 e. The van der Waals surface area contributed by atoms with Crippen LogP contribution < -0.4 is 11.1 Å². The zero-order chi connectivity index (χ0) is 14.6. The zero-order valence-corrected chi connectivity index (χ0v) is 12.7. The summed E-state index contributed by atoms with van der Waals surface area (Å²) < 4.78 is 22.7. The first kappa shape index (κ1) is 15.7. The van der Waals surface area contributed by atoms with Crippen molar-refractivity contribution < 1.29 is 13.2 Å². The minimum Gasteiger partial charge on any atom is -0.351 e. The van der Waals surface area contributed by atoms with Gasteiger partial charge in [-0.2, -0.15) is 0 Å². The Morgan fingerprint density at radius 2 is 2.10 bits per heavy atom. The van der Waals surface area contributed by atoms with Gasteiger partial charge in [0.1, 0.15) is 0 Å². The second-order valence-corrected chi connectivity index (χ2v) is 8.09. The maximum atomic E-state index is 12.0. The number of sulfone groups is 1. The van der Waals surface area contributed by atoms with Crippen molar-refractivity contribution in [1.82, 2.24) is 10.2 Å². The summed E-state index contributed by atoms with van der Waals surface area (Å²) in [4.78, 5) is 14.2. The van der Waals surface area contributed by atoms with Crippen LogP contribution in [0.25, 0.3) is 0 Å². The molecule has 2 fully saturated rings. The molecule has 3 N–H and O–H groups in total. The van der Waals surface area contributed by atoms with Gasteiger partial charge in [-0.25, -0.2) is 8.42 Å². The summed E-state index contributed by atoms with van der Waals surface area (Å²) in [6, 6.07) is 0.192. The summed E-state index contributed by atoms with van der Waals surface area (Å²) >= 11 is 0. The fourth-order valence-electron chi connectivity index (χ4n) is 3.15. The molecule has 1 amide bonds. The number of rotatable bonds is 5. The van der Waals surface area contributed by atoms with Crippen molar-refractivity contribution >= 4 is 15.7 Å². The molecule has 0 aliphatic carbocycles. The number of hydrogen-bond acceptors (Lipinski definition) is 5. The first-order valence-electron chi connectivity index (χ1n) is 7.44. The summed E-state index contributed by atoms with van der Waals surface area (Å²) in [6.45, 7) is 1.94. The van der Waals surface area contributed by atoms with Gasteiger partial charge in [-0.1, -0.05) is 6.42 Å². The third-order valence-electron chi connectivity index (χ3n) is 4.19. The molecule has 2 heterocycles. The highest BCUT2D eigenvalue weighted by atomic mass is 32.2. The number of carbonyl (C=O) groups excluding carboxylic acids is 1. The van der Waals surface area contributed by atoms with Crippen molar-refractivity contribution in [3.63, 3.8) is 0 Å². The van der Waals surface area contributed by atoms with E-state index in [1.165, 1.54) is 6.42 Å². The van der Waals surface area contributed by atoms with Crippen molar-refractivity contribution in [2.24, 2.45) is 5.73 Å². The normalized spacial score (nSPS) is 30.2. The lowest BCUT2D eigenvalue weighted by atomic mass is 9.99. The average Bonchev–Trinajstić information content (AvgIpc) is 2.71. The quantitative estimate of drug-likeness (QED) is 0.714. The van der Waals surface area contributed by atoms with Crippen molar-refractivity contribution in [3.8, 4) is 0 Å². The van der Waals surface area contributed by atoms with Crippen LogP contribution in [-0.2, 0) is 14.6 Å². The van der Waals surface area contributed by atoms with Gasteiger partial charge < -0.3 is 11.1 Å². The summed E-state index contributed by atoms with van der Waals surface area (Å²) in [5.41, 5.74) is 5.62. The van der Waals surface area contributed by atoms with Gasteiger partial charge in [-0.05, 0) is 38.8 Å². The molecular weight excluding hydrogens is 278 g/mol. The molecule has 7 heteroatoms. The van der Waals surface area contributed by atoms with Gasteiger partial charge in [0, 0.05) is 12.1 Å². The molecule has 2 saturated heterocycles. The Morgan fingerprint density at radius 3 is 2.75 bits per heavy atom. The summed E-state index contributed by atoms with van der Waals surface area (Å²) in [7, 11) is -2.94. The molecule has 6 nitrogen and oxygen atoms in total. The number of carbonyl (C=O) groups is 1. The van der Waals surface area contributed by atoms with Crippen molar-refractivity contribution in [1.29, 1.82) is 0 Å². The Kier molecular flexibility index (Phi) is 5.40. The maximum absolute atomic E-state index is 12.0. The van der Waals surface area contributed by atoms with Gasteiger partial charge in [0.25, 0.3) is 0 Å². The lowest BCUT2D eigenvalue weighted by Gasteiger charge is -2.35. The van der Waals surface area contributed by atoms with E-state index in [9.17, 15) is 13.2 Å². The third kappa shape index (κ3) is 4.43. The molecule has 2 unspecified atom stereocenters. The molecule has 0 aromatic rings. The minimum atomic E-state index is -2.94. The van der Waals surface area contributed by atoms with Gasteiger partial charge >= 0.3 is 0 Å². The van der Waals surface area contributed by atoms with Gasteiger partial charge in [0.05, 0.1) is 18.1 Å². The second-order valence-electron chi connectivity index (χ2n) is 5.86. The van der Waals surface area contributed by atoms with Crippen LogP contribution >= 0.6 is 0 Å². The van der Waals surface area contributed by atoms with E-state index in [1.807, 2.05) is 0 Å². The number of amides is 1. The largest absolute Gasteiger partial charge is 0.351 e. The maximum Gasteiger partial charge on any atom is 0.234 e. The number of hydrogen-bond donors (Lipinski definition) is 2. The first-order chi connectivity index (χ1) is 9.50. The van der Waals surface area contributed by atoms with Gasteiger partial charge in [-0.3, -0.25) is 9.69 Å². The van der Waals surface area contributed by atoms with E-state index in [0.29, 0.717) is 25.6 Å². The highest BCUT2D eigenvalue weighted by Crippen LogP contribution is 2.19. The van der Waals surface area contributed by atoms with Crippen LogP contribution in [0.5, 0.6) is 0 Å². The third-order valence-corrected chi connectivity index (χ3v) is 5.96. The molecule has 0 radical (unpaired) electrons. The first-order valence-corrected chi connectivity index (χ1v) is 9.26. The Labute approximate surface area is 121 Å². The van der Waals surface area contributed by atoms with Crippen LogP contribution in [0.4, 0.5) is 0 Å². The lowest BCUT2D eigenvalue weighted by Crippen LogP contribution is -2.48. The summed E-state index contributed by atoms with van der Waals surface area (Å²) in [6.07, 6.45) is 4.88. The monoisotopic (exact) mass is 303 g/mol.